The first kappa shape index (κ1) is 20.7. The molecule has 0 amide bonds. The smallest absolute Gasteiger partial charge is 0.206 e. The van der Waals surface area contributed by atoms with E-state index in [1.165, 1.54) is 51.4 Å². The summed E-state index contributed by atoms with van der Waals surface area (Å²) < 4.78 is 52.9. The van der Waals surface area contributed by atoms with Crippen LogP contribution in [-0.2, 0) is 6.18 Å². The van der Waals surface area contributed by atoms with Crippen LogP contribution in [0.25, 0.3) is 10.8 Å². The lowest BCUT2D eigenvalue weighted by molar-refractivity contribution is -0.139. The number of halogens is 4. The zero-order chi connectivity index (χ0) is 20.6. The predicted octanol–water partition coefficient (Wildman–Crippen LogP) is 8.49. The zero-order valence-electron chi connectivity index (χ0n) is 17.1. The maximum atomic E-state index is 14.0. The fourth-order valence-corrected chi connectivity index (χ4v) is 5.80. The second-order valence-corrected chi connectivity index (χ2v) is 9.29. The molecule has 2 aliphatic rings. The topological polar surface area (TPSA) is 0 Å². The van der Waals surface area contributed by atoms with E-state index in [-0.39, 0.29) is 0 Å². The molecule has 29 heavy (non-hydrogen) atoms. The molecule has 0 aliphatic heterocycles. The molecular formula is C25H30F4. The molecule has 0 aromatic heterocycles. The van der Waals surface area contributed by atoms with Crippen LogP contribution in [0.5, 0.6) is 0 Å². The number of benzene rings is 2. The molecule has 0 saturated heterocycles. The highest BCUT2D eigenvalue weighted by molar-refractivity contribution is 5.84. The van der Waals surface area contributed by atoms with Crippen LogP contribution in [0.4, 0.5) is 17.6 Å². The third kappa shape index (κ3) is 4.46. The molecule has 158 valence electrons. The Labute approximate surface area is 170 Å². The van der Waals surface area contributed by atoms with Gasteiger partial charge in [-0.1, -0.05) is 50.8 Å². The van der Waals surface area contributed by atoms with Crippen LogP contribution in [0.2, 0.25) is 0 Å². The summed E-state index contributed by atoms with van der Waals surface area (Å²) in [6.07, 6.45) is 6.91. The van der Waals surface area contributed by atoms with Crippen LogP contribution in [-0.4, -0.2) is 0 Å². The van der Waals surface area contributed by atoms with Gasteiger partial charge in [0.15, 0.2) is 0 Å². The Morgan fingerprint density at radius 2 is 1.66 bits per heavy atom. The molecule has 0 spiro atoms. The molecule has 4 rings (SSSR count). The molecule has 2 fully saturated rings. The Kier molecular flexibility index (Phi) is 5.90. The molecular weight excluding hydrogens is 376 g/mol. The largest absolute Gasteiger partial charge is 0.419 e. The first-order valence-corrected chi connectivity index (χ1v) is 11.2. The highest BCUT2D eigenvalue weighted by atomic mass is 19.4. The number of hydrogen-bond acceptors (Lipinski definition) is 0. The minimum Gasteiger partial charge on any atom is -0.206 e. The van der Waals surface area contributed by atoms with Crippen molar-refractivity contribution in [3.05, 3.63) is 47.3 Å². The van der Waals surface area contributed by atoms with Crippen LogP contribution >= 0.6 is 0 Å². The average molecular weight is 407 g/mol. The van der Waals surface area contributed by atoms with E-state index >= 15 is 0 Å². The Morgan fingerprint density at radius 1 is 0.897 bits per heavy atom. The van der Waals surface area contributed by atoms with E-state index in [1.54, 1.807) is 6.07 Å². The quantitative estimate of drug-likeness (QED) is 0.447. The van der Waals surface area contributed by atoms with E-state index in [4.69, 9.17) is 0 Å². The predicted molar refractivity (Wildman–Crippen MR) is 109 cm³/mol. The Hall–Kier alpha value is -1.58. The van der Waals surface area contributed by atoms with Crippen molar-refractivity contribution in [1.82, 2.24) is 0 Å². The van der Waals surface area contributed by atoms with Crippen molar-refractivity contribution in [1.29, 1.82) is 0 Å². The van der Waals surface area contributed by atoms with Gasteiger partial charge in [0.1, 0.15) is 5.82 Å². The third-order valence-corrected chi connectivity index (χ3v) is 7.41. The highest BCUT2D eigenvalue weighted by Gasteiger charge is 2.36. The molecule has 2 aliphatic carbocycles. The summed E-state index contributed by atoms with van der Waals surface area (Å²) in [5.41, 5.74) is -0.0266. The molecule has 2 aromatic carbocycles. The summed E-state index contributed by atoms with van der Waals surface area (Å²) in [6.45, 7) is 2.26. The summed E-state index contributed by atoms with van der Waals surface area (Å²) in [4.78, 5) is 0. The van der Waals surface area contributed by atoms with Crippen molar-refractivity contribution in [2.75, 3.05) is 0 Å². The van der Waals surface area contributed by atoms with Gasteiger partial charge in [-0.3, -0.25) is 0 Å². The number of rotatable bonds is 4. The fourth-order valence-electron chi connectivity index (χ4n) is 5.80. The van der Waals surface area contributed by atoms with E-state index < -0.39 is 17.6 Å². The summed E-state index contributed by atoms with van der Waals surface area (Å²) in [5.74, 6) is 1.77. The number of hydrogen-bond donors (Lipinski definition) is 0. The molecule has 0 radical (unpaired) electrons. The molecule has 2 aromatic rings. The summed E-state index contributed by atoms with van der Waals surface area (Å²) in [5, 5.41) is 1.02. The summed E-state index contributed by atoms with van der Waals surface area (Å²) in [6, 6.07) is 7.58. The van der Waals surface area contributed by atoms with Crippen molar-refractivity contribution in [3.8, 4) is 0 Å². The fraction of sp³-hybridized carbons (Fsp3) is 0.600. The van der Waals surface area contributed by atoms with Crippen molar-refractivity contribution in [2.45, 2.75) is 76.8 Å². The number of unbranched alkanes of at least 4 members (excludes halogenated alkanes) is 1. The van der Waals surface area contributed by atoms with Crippen LogP contribution in [0.1, 0.15) is 81.8 Å². The van der Waals surface area contributed by atoms with E-state index in [9.17, 15) is 17.6 Å². The van der Waals surface area contributed by atoms with Gasteiger partial charge in [0.2, 0.25) is 0 Å². The molecule has 0 bridgehead atoms. The number of fused-ring (bicyclic) bond motifs is 2. The van der Waals surface area contributed by atoms with Gasteiger partial charge in [-0.15, -0.1) is 0 Å². The van der Waals surface area contributed by atoms with Crippen molar-refractivity contribution in [3.63, 3.8) is 0 Å². The molecule has 0 heterocycles. The molecule has 4 heteroatoms. The second-order valence-electron chi connectivity index (χ2n) is 9.29. The summed E-state index contributed by atoms with van der Waals surface area (Å²) in [7, 11) is 0. The molecule has 0 N–H and O–H groups in total. The minimum atomic E-state index is -4.66. The van der Waals surface area contributed by atoms with Crippen molar-refractivity contribution >= 4 is 10.8 Å². The minimum absolute atomic E-state index is 0.443. The molecule has 2 saturated carbocycles. The van der Waals surface area contributed by atoms with Crippen LogP contribution in [0.3, 0.4) is 0 Å². The molecule has 0 nitrogen and oxygen atoms in total. The Balaban J connectivity index is 1.48. The van der Waals surface area contributed by atoms with Gasteiger partial charge >= 0.3 is 6.18 Å². The van der Waals surface area contributed by atoms with Gasteiger partial charge in [0.05, 0.1) is 5.56 Å². The van der Waals surface area contributed by atoms with Gasteiger partial charge in [0.25, 0.3) is 0 Å². The van der Waals surface area contributed by atoms with Gasteiger partial charge < -0.3 is 0 Å². The van der Waals surface area contributed by atoms with Gasteiger partial charge in [-0.05, 0) is 84.2 Å². The average Bonchev–Trinajstić information content (AvgIpc) is 2.70. The van der Waals surface area contributed by atoms with E-state index in [1.807, 2.05) is 12.1 Å². The first-order chi connectivity index (χ1) is 13.8. The van der Waals surface area contributed by atoms with Crippen LogP contribution < -0.4 is 0 Å². The lowest BCUT2D eigenvalue weighted by Gasteiger charge is -2.42. The molecule has 4 atom stereocenters. The Bertz CT molecular complexity index is 854. The van der Waals surface area contributed by atoms with Crippen LogP contribution in [0, 0.1) is 23.6 Å². The highest BCUT2D eigenvalue weighted by Crippen LogP contribution is 2.48. The maximum Gasteiger partial charge on any atom is 0.419 e. The van der Waals surface area contributed by atoms with E-state index in [0.717, 1.165) is 41.9 Å². The summed E-state index contributed by atoms with van der Waals surface area (Å²) >= 11 is 0. The lowest BCUT2D eigenvalue weighted by Crippen LogP contribution is -2.30. The van der Waals surface area contributed by atoms with E-state index in [0.29, 0.717) is 16.7 Å². The maximum absolute atomic E-state index is 14.0. The van der Waals surface area contributed by atoms with Crippen molar-refractivity contribution < 1.29 is 17.6 Å². The van der Waals surface area contributed by atoms with E-state index in [2.05, 4.69) is 6.92 Å². The van der Waals surface area contributed by atoms with Gasteiger partial charge in [-0.25, -0.2) is 4.39 Å². The lowest BCUT2D eigenvalue weighted by atomic mass is 9.63. The Morgan fingerprint density at radius 3 is 2.41 bits per heavy atom. The SMILES string of the molecule is CCCC[C@@H]1CC[C@@H]2CC(c3ccc4cc(C(F)(F)F)c(F)cc4c3)CCC2C1. The van der Waals surface area contributed by atoms with Gasteiger partial charge in [0, 0.05) is 0 Å². The second kappa shape index (κ2) is 8.28. The first-order valence-electron chi connectivity index (χ1n) is 11.2. The third-order valence-electron chi connectivity index (χ3n) is 7.41. The van der Waals surface area contributed by atoms with Gasteiger partial charge in [-0.2, -0.15) is 13.2 Å². The number of alkyl halides is 3. The standard InChI is InChI=1S/C25H30F4/c1-2-3-4-16-5-6-18-12-19(8-7-17(18)11-16)20-9-10-21-14-23(25(27,28)29)24(26)15-22(21)13-20/h9-10,13-19H,2-8,11-12H2,1H3/t16-,17?,18-,19?/m1/s1. The monoisotopic (exact) mass is 406 g/mol. The van der Waals surface area contributed by atoms with Crippen LogP contribution in [0.15, 0.2) is 30.3 Å². The van der Waals surface area contributed by atoms with Crippen molar-refractivity contribution in [2.24, 2.45) is 17.8 Å². The zero-order valence-corrected chi connectivity index (χ0v) is 17.1. The molecule has 2 unspecified atom stereocenters. The normalized spacial score (nSPS) is 27.8.